The molecule has 0 bridgehead atoms. The van der Waals surface area contributed by atoms with E-state index in [0.717, 1.165) is 38.5 Å². The summed E-state index contributed by atoms with van der Waals surface area (Å²) < 4.78 is 0. The van der Waals surface area contributed by atoms with Crippen molar-refractivity contribution in [1.82, 2.24) is 0 Å². The van der Waals surface area contributed by atoms with Gasteiger partial charge in [0.15, 0.2) is 0 Å². The molecule has 0 spiro atoms. The number of unbranched alkanes of at least 4 members (excludes halogenated alkanes) is 8. The van der Waals surface area contributed by atoms with Gasteiger partial charge >= 0.3 is 45.5 Å². The first-order valence-electron chi connectivity index (χ1n) is 7.94. The molecule has 0 aromatic carbocycles. The van der Waals surface area contributed by atoms with Gasteiger partial charge in [0.25, 0.3) is 0 Å². The van der Waals surface area contributed by atoms with E-state index >= 15 is 0 Å². The van der Waals surface area contributed by atoms with Crippen LogP contribution in [0.25, 0.3) is 0 Å². The summed E-state index contributed by atoms with van der Waals surface area (Å²) in [5.74, 6) is -1.84. The van der Waals surface area contributed by atoms with Crippen LogP contribution in [0.1, 0.15) is 90.9 Å². The molecule has 0 aromatic heterocycles. The number of carbonyl (C=O) groups excluding carboxylic acids is 2. The van der Waals surface area contributed by atoms with E-state index in [2.05, 4.69) is 13.8 Å². The fraction of sp³-hybridized carbons (Fsp3) is 0.875. The second-order valence-electron chi connectivity index (χ2n) is 5.07. The summed E-state index contributed by atoms with van der Waals surface area (Å²) in [6.45, 7) is 4.28. The Hall–Kier alpha value is 0.381. The van der Waals surface area contributed by atoms with E-state index in [4.69, 9.17) is 0 Å². The van der Waals surface area contributed by atoms with Gasteiger partial charge in [-0.05, 0) is 25.7 Å². The zero-order valence-electron chi connectivity index (χ0n) is 14.3. The SMILES string of the molecule is CCCCCCCC(=O)[O-].CCCCCCCC(=O)[O-].O.[Sr+2]. The van der Waals surface area contributed by atoms with E-state index in [1.165, 1.54) is 25.7 Å². The molecule has 22 heavy (non-hydrogen) atoms. The largest absolute Gasteiger partial charge is 2.00 e. The number of aliphatic carboxylic acids is 2. The summed E-state index contributed by atoms with van der Waals surface area (Å²) in [6, 6.07) is 0. The van der Waals surface area contributed by atoms with E-state index in [1.807, 2.05) is 0 Å². The number of rotatable bonds is 12. The molecule has 0 saturated heterocycles. The summed E-state index contributed by atoms with van der Waals surface area (Å²) in [4.78, 5) is 19.8. The molecule has 0 radical (unpaired) electrons. The van der Waals surface area contributed by atoms with Crippen molar-refractivity contribution in [2.75, 3.05) is 0 Å². The van der Waals surface area contributed by atoms with Crippen LogP contribution in [0, 0.1) is 0 Å². The predicted molar refractivity (Wildman–Crippen MR) is 86.1 cm³/mol. The fourth-order valence-corrected chi connectivity index (χ4v) is 1.75. The van der Waals surface area contributed by atoms with Crippen LogP contribution in [0.5, 0.6) is 0 Å². The van der Waals surface area contributed by atoms with E-state index in [0.29, 0.717) is 0 Å². The molecule has 0 rings (SSSR count). The van der Waals surface area contributed by atoms with Crippen LogP contribution in [0.15, 0.2) is 0 Å². The molecular weight excluding hydrogens is 360 g/mol. The Morgan fingerprint density at radius 1 is 0.636 bits per heavy atom. The molecule has 0 aromatic rings. The maximum atomic E-state index is 9.92. The van der Waals surface area contributed by atoms with Crippen LogP contribution in [0.3, 0.4) is 0 Å². The van der Waals surface area contributed by atoms with E-state index in [9.17, 15) is 19.8 Å². The molecule has 128 valence electrons. The van der Waals surface area contributed by atoms with Crippen molar-refractivity contribution < 1.29 is 25.3 Å². The molecule has 6 heteroatoms. The summed E-state index contributed by atoms with van der Waals surface area (Å²) in [5.41, 5.74) is 0. The van der Waals surface area contributed by atoms with Gasteiger partial charge in [-0.1, -0.05) is 65.2 Å². The molecule has 0 aliphatic carbocycles. The molecule has 0 fully saturated rings. The molecule has 0 heterocycles. The maximum Gasteiger partial charge on any atom is 2.00 e. The van der Waals surface area contributed by atoms with Gasteiger partial charge in [-0.15, -0.1) is 0 Å². The molecule has 0 aliphatic rings. The van der Waals surface area contributed by atoms with Gasteiger partial charge in [0.05, 0.1) is 0 Å². The summed E-state index contributed by atoms with van der Waals surface area (Å²) in [7, 11) is 0. The second-order valence-corrected chi connectivity index (χ2v) is 5.07. The van der Waals surface area contributed by atoms with E-state index in [-0.39, 0.29) is 63.8 Å². The monoisotopic (exact) mass is 392 g/mol. The van der Waals surface area contributed by atoms with Crippen LogP contribution >= 0.6 is 0 Å². The van der Waals surface area contributed by atoms with E-state index < -0.39 is 11.9 Å². The quantitative estimate of drug-likeness (QED) is 0.364. The van der Waals surface area contributed by atoms with Crippen LogP contribution < -0.4 is 10.2 Å². The normalized spacial score (nSPS) is 8.82. The Kier molecular flexibility index (Phi) is 36.2. The third-order valence-corrected chi connectivity index (χ3v) is 2.97. The molecule has 0 saturated carbocycles. The minimum absolute atomic E-state index is 0. The number of carboxylic acid groups (broad SMARTS) is 2. The van der Waals surface area contributed by atoms with Crippen molar-refractivity contribution in [3.05, 3.63) is 0 Å². The van der Waals surface area contributed by atoms with Crippen LogP contribution in [-0.4, -0.2) is 62.9 Å². The maximum absolute atomic E-state index is 9.92. The summed E-state index contributed by atoms with van der Waals surface area (Å²) in [6.07, 6.45) is 11.2. The van der Waals surface area contributed by atoms with Crippen LogP contribution in [-0.2, 0) is 9.59 Å². The number of hydrogen-bond acceptors (Lipinski definition) is 4. The fourth-order valence-electron chi connectivity index (χ4n) is 1.75. The molecule has 0 atom stereocenters. The topological polar surface area (TPSA) is 112 Å². The van der Waals surface area contributed by atoms with Gasteiger partial charge in [0.1, 0.15) is 0 Å². The minimum atomic E-state index is -0.920. The van der Waals surface area contributed by atoms with Crippen molar-refractivity contribution in [1.29, 1.82) is 0 Å². The zero-order chi connectivity index (χ0) is 15.6. The standard InChI is InChI=1S/2C8H16O2.H2O.Sr/c2*1-2-3-4-5-6-7-8(9)10;;/h2*2-7H2,1H3,(H,9,10);1H2;/q;;;+2/p-2. The first-order valence-corrected chi connectivity index (χ1v) is 7.94. The Morgan fingerprint density at radius 3 is 1.14 bits per heavy atom. The second kappa shape index (κ2) is 26.3. The molecule has 5 nitrogen and oxygen atoms in total. The van der Waals surface area contributed by atoms with Gasteiger partial charge in [-0.2, -0.15) is 0 Å². The average molecular weight is 392 g/mol. The summed E-state index contributed by atoms with van der Waals surface area (Å²) >= 11 is 0. The first kappa shape index (κ1) is 30.3. The molecular formula is C16H32O5Sr. The van der Waals surface area contributed by atoms with Gasteiger partial charge in [-0.3, -0.25) is 0 Å². The Bertz CT molecular complexity index is 211. The zero-order valence-corrected chi connectivity index (χ0v) is 17.8. The first-order chi connectivity index (χ1) is 9.54. The van der Waals surface area contributed by atoms with Crippen molar-refractivity contribution in [2.45, 2.75) is 90.9 Å². The third-order valence-electron chi connectivity index (χ3n) is 2.97. The summed E-state index contributed by atoms with van der Waals surface area (Å²) in [5, 5.41) is 19.8. The van der Waals surface area contributed by atoms with Gasteiger partial charge in [0, 0.05) is 11.9 Å². The number of hydrogen-bond donors (Lipinski definition) is 0. The van der Waals surface area contributed by atoms with Crippen molar-refractivity contribution in [3.63, 3.8) is 0 Å². The molecule has 2 N–H and O–H groups in total. The predicted octanol–water partition coefficient (Wildman–Crippen LogP) is 0.988. The molecule has 0 unspecified atom stereocenters. The number of carboxylic acids is 2. The van der Waals surface area contributed by atoms with Crippen LogP contribution in [0.4, 0.5) is 0 Å². The average Bonchev–Trinajstić information content (AvgIpc) is 2.38. The van der Waals surface area contributed by atoms with Gasteiger partial charge in [0.2, 0.25) is 0 Å². The van der Waals surface area contributed by atoms with Gasteiger partial charge in [-0.25, -0.2) is 0 Å². The van der Waals surface area contributed by atoms with Crippen LogP contribution in [0.2, 0.25) is 0 Å². The molecule has 0 amide bonds. The smallest absolute Gasteiger partial charge is 0.550 e. The Balaban J connectivity index is -0.000000135. The Labute approximate surface area is 172 Å². The van der Waals surface area contributed by atoms with Crippen molar-refractivity contribution in [3.8, 4) is 0 Å². The minimum Gasteiger partial charge on any atom is -0.550 e. The number of carbonyl (C=O) groups is 2. The van der Waals surface area contributed by atoms with Crippen molar-refractivity contribution in [2.24, 2.45) is 0 Å². The van der Waals surface area contributed by atoms with Gasteiger partial charge < -0.3 is 25.3 Å². The molecule has 0 aliphatic heterocycles. The third kappa shape index (κ3) is 37.0. The van der Waals surface area contributed by atoms with Crippen molar-refractivity contribution >= 4 is 57.4 Å². The Morgan fingerprint density at radius 2 is 0.909 bits per heavy atom. The van der Waals surface area contributed by atoms with E-state index in [1.54, 1.807) is 0 Å².